The Bertz CT molecular complexity index is 164. The van der Waals surface area contributed by atoms with E-state index in [9.17, 15) is 0 Å². The summed E-state index contributed by atoms with van der Waals surface area (Å²) in [5, 5.41) is 7.79. The molecule has 0 radical (unpaired) electrons. The van der Waals surface area contributed by atoms with Crippen molar-refractivity contribution in [2.45, 2.75) is 6.54 Å². The molecule has 0 saturated carbocycles. The van der Waals surface area contributed by atoms with E-state index in [1.165, 1.54) is 0 Å². The van der Waals surface area contributed by atoms with Gasteiger partial charge in [0.1, 0.15) is 5.82 Å². The maximum Gasteiger partial charge on any atom is 0.121 e. The van der Waals surface area contributed by atoms with Gasteiger partial charge < -0.3 is 4.98 Å². The molecule has 0 aliphatic rings. The van der Waals surface area contributed by atoms with Crippen LogP contribution in [0.3, 0.4) is 0 Å². The Labute approximate surface area is 57.1 Å². The molecule has 1 aromatic heterocycles. The van der Waals surface area contributed by atoms with Crippen LogP contribution in [-0.2, 0) is 11.5 Å². The predicted octanol–water partition coefficient (Wildman–Crippen LogP) is -0.592. The number of hydrazine groups is 1. The lowest BCUT2D eigenvalue weighted by Crippen LogP contribution is -2.30. The Hall–Kier alpha value is -0.950. The molecule has 0 fully saturated rings. The van der Waals surface area contributed by atoms with Crippen LogP contribution in [0.15, 0.2) is 12.4 Å². The first-order valence-corrected chi connectivity index (χ1v) is 2.70. The summed E-state index contributed by atoms with van der Waals surface area (Å²) in [6, 6.07) is 0. The average Bonchev–Trinajstić information content (AvgIpc) is 2.41. The standard InChI is InChI=1S/C4H8N4O2/c9-10-8-7-3-4-5-1-2-6-4/h1-2,7-9H,3H2,(H,5,6). The van der Waals surface area contributed by atoms with Gasteiger partial charge in [-0.05, 0) is 0 Å². The molecule has 56 valence electrons. The monoisotopic (exact) mass is 144 g/mol. The highest BCUT2D eigenvalue weighted by molar-refractivity contribution is 4.84. The second-order valence-electron chi connectivity index (χ2n) is 1.58. The summed E-state index contributed by atoms with van der Waals surface area (Å²) in [7, 11) is 0. The van der Waals surface area contributed by atoms with Crippen LogP contribution in [0.4, 0.5) is 0 Å². The van der Waals surface area contributed by atoms with Gasteiger partial charge in [-0.15, -0.1) is 10.6 Å². The highest BCUT2D eigenvalue weighted by Crippen LogP contribution is 1.83. The Kier molecular flexibility index (Phi) is 2.84. The van der Waals surface area contributed by atoms with Crippen molar-refractivity contribution in [1.29, 1.82) is 0 Å². The minimum atomic E-state index is 0.452. The fraction of sp³-hybridized carbons (Fsp3) is 0.250. The highest BCUT2D eigenvalue weighted by Gasteiger charge is 1.90. The van der Waals surface area contributed by atoms with Gasteiger partial charge in [-0.3, -0.25) is 0 Å². The number of aromatic amines is 1. The fourth-order valence-corrected chi connectivity index (χ4v) is 0.547. The van der Waals surface area contributed by atoms with Gasteiger partial charge in [0.25, 0.3) is 0 Å². The number of imidazole rings is 1. The molecule has 0 aromatic carbocycles. The molecule has 1 aromatic rings. The van der Waals surface area contributed by atoms with Crippen LogP contribution < -0.4 is 11.0 Å². The molecule has 0 spiro atoms. The lowest BCUT2D eigenvalue weighted by molar-refractivity contribution is -0.303. The SMILES string of the molecule is OONNCc1ncc[nH]1. The van der Waals surface area contributed by atoms with Crippen LogP contribution in [0.25, 0.3) is 0 Å². The van der Waals surface area contributed by atoms with Crippen LogP contribution in [-0.4, -0.2) is 15.2 Å². The molecule has 4 N–H and O–H groups in total. The molecule has 0 bridgehead atoms. The zero-order valence-electron chi connectivity index (χ0n) is 5.16. The Balaban J connectivity index is 2.15. The molecule has 6 heteroatoms. The second kappa shape index (κ2) is 3.96. The summed E-state index contributed by atoms with van der Waals surface area (Å²) >= 11 is 0. The lowest BCUT2D eigenvalue weighted by Gasteiger charge is -1.98. The molecule has 6 nitrogen and oxygen atoms in total. The Morgan fingerprint density at radius 2 is 2.70 bits per heavy atom. The van der Waals surface area contributed by atoms with E-state index in [4.69, 9.17) is 5.26 Å². The van der Waals surface area contributed by atoms with E-state index in [1.54, 1.807) is 12.4 Å². The average molecular weight is 144 g/mol. The van der Waals surface area contributed by atoms with Crippen molar-refractivity contribution in [2.75, 3.05) is 0 Å². The largest absolute Gasteiger partial charge is 0.347 e. The van der Waals surface area contributed by atoms with Crippen LogP contribution in [0, 0.1) is 0 Å². The van der Waals surface area contributed by atoms with Gasteiger partial charge >= 0.3 is 0 Å². The van der Waals surface area contributed by atoms with Crippen molar-refractivity contribution < 1.29 is 10.2 Å². The summed E-state index contributed by atoms with van der Waals surface area (Å²) < 4.78 is 0. The number of H-pyrrole nitrogens is 1. The number of rotatable bonds is 4. The third-order valence-electron chi connectivity index (χ3n) is 0.928. The molecule has 0 aliphatic heterocycles. The van der Waals surface area contributed by atoms with Gasteiger partial charge in [0, 0.05) is 12.4 Å². The van der Waals surface area contributed by atoms with Crippen molar-refractivity contribution in [1.82, 2.24) is 21.0 Å². The van der Waals surface area contributed by atoms with Gasteiger partial charge in [0.05, 0.1) is 6.54 Å². The van der Waals surface area contributed by atoms with Gasteiger partial charge in [0.15, 0.2) is 0 Å². The third-order valence-corrected chi connectivity index (χ3v) is 0.928. The first-order chi connectivity index (χ1) is 4.93. The first kappa shape index (κ1) is 7.16. The van der Waals surface area contributed by atoms with Crippen LogP contribution in [0.5, 0.6) is 0 Å². The third kappa shape index (κ3) is 2.11. The maximum absolute atomic E-state index is 7.79. The molecule has 10 heavy (non-hydrogen) atoms. The van der Waals surface area contributed by atoms with Gasteiger partial charge in [-0.1, -0.05) is 0 Å². The summed E-state index contributed by atoms with van der Waals surface area (Å²) in [6.45, 7) is 0.452. The molecule has 1 rings (SSSR count). The summed E-state index contributed by atoms with van der Waals surface area (Å²) in [5.74, 6) is 0.754. The highest BCUT2D eigenvalue weighted by atomic mass is 17.2. The van der Waals surface area contributed by atoms with Crippen molar-refractivity contribution in [3.8, 4) is 0 Å². The molecule has 0 unspecified atom stereocenters. The molecule has 1 heterocycles. The van der Waals surface area contributed by atoms with Gasteiger partial charge in [-0.2, -0.15) is 0 Å². The molecule has 0 amide bonds. The van der Waals surface area contributed by atoms with E-state index in [0.29, 0.717) is 6.54 Å². The van der Waals surface area contributed by atoms with Gasteiger partial charge in [-0.25, -0.2) is 15.7 Å². The molecular weight excluding hydrogens is 136 g/mol. The molecule has 0 atom stereocenters. The zero-order chi connectivity index (χ0) is 7.23. The number of hydrogen-bond acceptors (Lipinski definition) is 5. The van der Waals surface area contributed by atoms with E-state index >= 15 is 0 Å². The number of aromatic nitrogens is 2. The van der Waals surface area contributed by atoms with Crippen molar-refractivity contribution in [3.05, 3.63) is 18.2 Å². The Morgan fingerprint density at radius 1 is 1.80 bits per heavy atom. The quantitative estimate of drug-likeness (QED) is 0.258. The minimum Gasteiger partial charge on any atom is -0.347 e. The number of nitrogens with zero attached hydrogens (tertiary/aromatic N) is 1. The molecule has 0 aliphatic carbocycles. The summed E-state index contributed by atoms with van der Waals surface area (Å²) in [6.07, 6.45) is 3.34. The van der Waals surface area contributed by atoms with E-state index in [-0.39, 0.29) is 0 Å². The van der Waals surface area contributed by atoms with Crippen molar-refractivity contribution >= 4 is 0 Å². The minimum absolute atomic E-state index is 0.452. The smallest absolute Gasteiger partial charge is 0.121 e. The van der Waals surface area contributed by atoms with E-state index in [1.807, 2.05) is 5.59 Å². The normalized spacial score (nSPS) is 10.1. The summed E-state index contributed by atoms with van der Waals surface area (Å²) in [4.78, 5) is 10.3. The number of hydrogen-bond donors (Lipinski definition) is 4. The Morgan fingerprint density at radius 3 is 3.30 bits per heavy atom. The van der Waals surface area contributed by atoms with E-state index < -0.39 is 0 Å². The zero-order valence-corrected chi connectivity index (χ0v) is 5.16. The maximum atomic E-state index is 7.79. The number of nitrogens with one attached hydrogen (secondary N) is 3. The van der Waals surface area contributed by atoms with Crippen LogP contribution in [0.2, 0.25) is 0 Å². The lowest BCUT2D eigenvalue weighted by atomic mass is 10.6. The van der Waals surface area contributed by atoms with E-state index in [2.05, 4.69) is 20.4 Å². The van der Waals surface area contributed by atoms with Crippen molar-refractivity contribution in [2.24, 2.45) is 0 Å². The second-order valence-corrected chi connectivity index (χ2v) is 1.58. The topological polar surface area (TPSA) is 82.2 Å². The molecule has 0 saturated heterocycles. The van der Waals surface area contributed by atoms with Crippen molar-refractivity contribution in [3.63, 3.8) is 0 Å². The van der Waals surface area contributed by atoms with Crippen LogP contribution >= 0.6 is 0 Å². The predicted molar refractivity (Wildman–Crippen MR) is 32.3 cm³/mol. The fourth-order valence-electron chi connectivity index (χ4n) is 0.547. The van der Waals surface area contributed by atoms with Crippen LogP contribution in [0.1, 0.15) is 5.82 Å². The van der Waals surface area contributed by atoms with Gasteiger partial charge in [0.2, 0.25) is 0 Å². The van der Waals surface area contributed by atoms with E-state index in [0.717, 1.165) is 5.82 Å². The molecular formula is C4H8N4O2. The first-order valence-electron chi connectivity index (χ1n) is 2.70. The summed E-state index contributed by atoms with van der Waals surface area (Å²) in [5.41, 5.74) is 4.55.